The number of carbonyl (C=O) groups is 1. The van der Waals surface area contributed by atoms with E-state index in [1.807, 2.05) is 57.2 Å². The van der Waals surface area contributed by atoms with Crippen molar-refractivity contribution >= 4 is 34.2 Å². The van der Waals surface area contributed by atoms with Crippen LogP contribution in [0.3, 0.4) is 0 Å². The fourth-order valence-electron chi connectivity index (χ4n) is 2.26. The van der Waals surface area contributed by atoms with Gasteiger partial charge in [-0.3, -0.25) is 4.79 Å². The topological polar surface area (TPSA) is 54.9 Å². The first-order valence-electron chi connectivity index (χ1n) is 7.26. The van der Waals surface area contributed by atoms with Gasteiger partial charge in [0.2, 0.25) is 0 Å². The summed E-state index contributed by atoms with van der Waals surface area (Å²) in [4.78, 5) is 21.1. The minimum Gasteiger partial charge on any atom is -0.321 e. The lowest BCUT2D eigenvalue weighted by molar-refractivity contribution is 0.102. The Bertz CT molecular complexity index is 904. The molecule has 0 bridgehead atoms. The smallest absolute Gasteiger partial charge is 0.277 e. The second kappa shape index (κ2) is 5.97. The number of benzene rings is 2. The fraction of sp³-hybridized carbons (Fsp3) is 0.167. The van der Waals surface area contributed by atoms with E-state index in [0.29, 0.717) is 16.7 Å². The molecular weight excluding hydrogens is 310 g/mol. The molecule has 0 radical (unpaired) electrons. The highest BCUT2D eigenvalue weighted by Crippen LogP contribution is 2.21. The molecule has 3 aromatic rings. The second-order valence-corrected chi connectivity index (χ2v) is 5.97. The highest BCUT2D eigenvalue weighted by molar-refractivity contribution is 6.33. The third kappa shape index (κ3) is 3.17. The van der Waals surface area contributed by atoms with Gasteiger partial charge in [0.15, 0.2) is 10.8 Å². The lowest BCUT2D eigenvalue weighted by Gasteiger charge is -2.08. The number of carbonyl (C=O) groups excluding carboxylic acids is 1. The molecule has 0 aliphatic rings. The van der Waals surface area contributed by atoms with Gasteiger partial charge in [0.25, 0.3) is 5.91 Å². The van der Waals surface area contributed by atoms with Crippen molar-refractivity contribution in [2.75, 3.05) is 5.32 Å². The van der Waals surface area contributed by atoms with Crippen molar-refractivity contribution < 1.29 is 4.79 Å². The van der Waals surface area contributed by atoms with E-state index in [2.05, 4.69) is 15.3 Å². The van der Waals surface area contributed by atoms with Crippen molar-refractivity contribution in [3.8, 4) is 0 Å². The highest BCUT2D eigenvalue weighted by Gasteiger charge is 2.16. The van der Waals surface area contributed by atoms with Crippen LogP contribution in [0.4, 0.5) is 5.69 Å². The first-order valence-corrected chi connectivity index (χ1v) is 7.64. The van der Waals surface area contributed by atoms with E-state index in [4.69, 9.17) is 11.6 Å². The Morgan fingerprint density at radius 2 is 1.52 bits per heavy atom. The average Bonchev–Trinajstić information content (AvgIpc) is 2.50. The summed E-state index contributed by atoms with van der Waals surface area (Å²) in [6, 6.07) is 11.4. The van der Waals surface area contributed by atoms with E-state index in [0.717, 1.165) is 16.7 Å². The van der Waals surface area contributed by atoms with Gasteiger partial charge in [0.05, 0.1) is 11.0 Å². The number of aromatic nitrogens is 2. The molecule has 1 heterocycles. The minimum absolute atomic E-state index is 0.102. The first kappa shape index (κ1) is 15.4. The lowest BCUT2D eigenvalue weighted by atomic mass is 10.1. The number of nitrogens with one attached hydrogen (secondary N) is 1. The summed E-state index contributed by atoms with van der Waals surface area (Å²) in [7, 11) is 0. The Balaban J connectivity index is 1.98. The number of anilines is 1. The Hall–Kier alpha value is -2.46. The number of hydrogen-bond acceptors (Lipinski definition) is 3. The van der Waals surface area contributed by atoms with Crippen LogP contribution in [0.25, 0.3) is 11.0 Å². The molecule has 1 amide bonds. The number of nitrogens with zero attached hydrogens (tertiary/aromatic N) is 2. The predicted octanol–water partition coefficient (Wildman–Crippen LogP) is 4.46. The molecule has 0 fully saturated rings. The molecule has 2 aromatic carbocycles. The third-order valence-electron chi connectivity index (χ3n) is 3.76. The zero-order chi connectivity index (χ0) is 16.6. The minimum atomic E-state index is -0.369. The molecule has 3 rings (SSSR count). The summed E-state index contributed by atoms with van der Waals surface area (Å²) in [5, 5.41) is 2.89. The maximum Gasteiger partial charge on any atom is 0.277 e. The van der Waals surface area contributed by atoms with E-state index in [1.54, 1.807) is 0 Å². The highest BCUT2D eigenvalue weighted by atomic mass is 35.5. The zero-order valence-corrected chi connectivity index (χ0v) is 13.9. The van der Waals surface area contributed by atoms with Gasteiger partial charge in [-0.15, -0.1) is 0 Å². The third-order valence-corrected chi connectivity index (χ3v) is 4.03. The van der Waals surface area contributed by atoms with Crippen LogP contribution in [0.5, 0.6) is 0 Å². The van der Waals surface area contributed by atoms with Crippen molar-refractivity contribution in [3.05, 3.63) is 63.9 Å². The van der Waals surface area contributed by atoms with E-state index >= 15 is 0 Å². The second-order valence-electron chi connectivity index (χ2n) is 5.61. The van der Waals surface area contributed by atoms with Crippen LogP contribution in [0.2, 0.25) is 5.15 Å². The summed E-state index contributed by atoms with van der Waals surface area (Å²) in [6.45, 7) is 5.99. The molecule has 0 saturated carbocycles. The van der Waals surface area contributed by atoms with Crippen molar-refractivity contribution in [2.24, 2.45) is 0 Å². The molecule has 0 aliphatic carbocycles. The van der Waals surface area contributed by atoms with Crippen LogP contribution in [-0.2, 0) is 0 Å². The molecule has 0 atom stereocenters. The maximum atomic E-state index is 12.4. The van der Waals surface area contributed by atoms with Gasteiger partial charge in [-0.1, -0.05) is 29.3 Å². The molecule has 1 aromatic heterocycles. The molecule has 4 nitrogen and oxygen atoms in total. The van der Waals surface area contributed by atoms with Crippen LogP contribution in [0, 0.1) is 20.8 Å². The molecule has 0 unspecified atom stereocenters. The Morgan fingerprint density at radius 3 is 2.13 bits per heavy atom. The van der Waals surface area contributed by atoms with E-state index < -0.39 is 0 Å². The van der Waals surface area contributed by atoms with Crippen LogP contribution in [-0.4, -0.2) is 15.9 Å². The number of fused-ring (bicyclic) bond motifs is 1. The quantitative estimate of drug-likeness (QED) is 0.756. The lowest BCUT2D eigenvalue weighted by Crippen LogP contribution is -2.15. The average molecular weight is 326 g/mol. The molecule has 0 saturated heterocycles. The number of amides is 1. The standard InChI is InChI=1S/C18H16ClN3O/c1-10-4-6-13(7-5-10)20-18(23)16-17(19)22-15-9-12(3)11(2)8-14(15)21-16/h4-9H,1-3H3,(H,20,23). The van der Waals surface area contributed by atoms with Gasteiger partial charge in [-0.05, 0) is 56.2 Å². The summed E-state index contributed by atoms with van der Waals surface area (Å²) < 4.78 is 0. The van der Waals surface area contributed by atoms with Crippen molar-refractivity contribution in [1.29, 1.82) is 0 Å². The Kier molecular flexibility index (Phi) is 4.01. The largest absolute Gasteiger partial charge is 0.321 e. The number of hydrogen-bond donors (Lipinski definition) is 1. The van der Waals surface area contributed by atoms with Crippen LogP contribution < -0.4 is 5.32 Å². The molecular formula is C18H16ClN3O. The first-order chi connectivity index (χ1) is 10.9. The summed E-state index contributed by atoms with van der Waals surface area (Å²) >= 11 is 6.15. The Morgan fingerprint density at radius 1 is 0.957 bits per heavy atom. The Labute approximate surface area is 139 Å². The van der Waals surface area contributed by atoms with Crippen LogP contribution in [0.15, 0.2) is 36.4 Å². The van der Waals surface area contributed by atoms with Crippen molar-refractivity contribution in [1.82, 2.24) is 9.97 Å². The summed E-state index contributed by atoms with van der Waals surface area (Å²) in [5.41, 5.74) is 5.49. The molecule has 5 heteroatoms. The monoisotopic (exact) mass is 325 g/mol. The van der Waals surface area contributed by atoms with Gasteiger partial charge in [-0.25, -0.2) is 9.97 Å². The molecule has 23 heavy (non-hydrogen) atoms. The summed E-state index contributed by atoms with van der Waals surface area (Å²) in [6.07, 6.45) is 0. The maximum absolute atomic E-state index is 12.4. The molecule has 0 spiro atoms. The molecule has 1 N–H and O–H groups in total. The van der Waals surface area contributed by atoms with Gasteiger partial charge in [0.1, 0.15) is 0 Å². The van der Waals surface area contributed by atoms with Gasteiger partial charge in [-0.2, -0.15) is 0 Å². The van der Waals surface area contributed by atoms with Crippen molar-refractivity contribution in [3.63, 3.8) is 0 Å². The van der Waals surface area contributed by atoms with Crippen LogP contribution >= 0.6 is 11.6 Å². The van der Waals surface area contributed by atoms with E-state index in [-0.39, 0.29) is 16.8 Å². The number of rotatable bonds is 2. The van der Waals surface area contributed by atoms with Gasteiger partial charge < -0.3 is 5.32 Å². The van der Waals surface area contributed by atoms with E-state index in [9.17, 15) is 4.79 Å². The summed E-state index contributed by atoms with van der Waals surface area (Å²) in [5.74, 6) is -0.369. The predicted molar refractivity (Wildman–Crippen MR) is 93.2 cm³/mol. The molecule has 116 valence electrons. The van der Waals surface area contributed by atoms with Crippen LogP contribution in [0.1, 0.15) is 27.2 Å². The van der Waals surface area contributed by atoms with Gasteiger partial charge in [0, 0.05) is 5.69 Å². The van der Waals surface area contributed by atoms with E-state index in [1.165, 1.54) is 0 Å². The fourth-order valence-corrected chi connectivity index (χ4v) is 2.48. The zero-order valence-electron chi connectivity index (χ0n) is 13.1. The normalized spacial score (nSPS) is 10.8. The van der Waals surface area contributed by atoms with Gasteiger partial charge >= 0.3 is 0 Å². The number of halogens is 1. The number of aryl methyl sites for hydroxylation is 3. The molecule has 0 aliphatic heterocycles. The van der Waals surface area contributed by atoms with Crippen molar-refractivity contribution in [2.45, 2.75) is 20.8 Å². The SMILES string of the molecule is Cc1ccc(NC(=O)c2nc3cc(C)c(C)cc3nc2Cl)cc1.